The van der Waals surface area contributed by atoms with E-state index >= 15 is 0 Å². The molecule has 1 saturated heterocycles. The molecule has 2 aliphatic heterocycles. The fourth-order valence-corrected chi connectivity index (χ4v) is 4.07. The van der Waals surface area contributed by atoms with Crippen molar-refractivity contribution < 1.29 is 18.0 Å². The fourth-order valence-electron chi connectivity index (χ4n) is 4.07. The molecule has 2 heterocycles. The zero-order valence-corrected chi connectivity index (χ0v) is 16.3. The van der Waals surface area contributed by atoms with Crippen LogP contribution in [0.15, 0.2) is 24.3 Å². The number of carbonyl (C=O) groups is 1. The summed E-state index contributed by atoms with van der Waals surface area (Å²) in [5, 5.41) is 5.57. The Bertz CT molecular complexity index is 661. The monoisotopic (exact) mass is 398 g/mol. The first-order valence-electron chi connectivity index (χ1n) is 9.99. The van der Waals surface area contributed by atoms with E-state index in [1.54, 1.807) is 0 Å². The van der Waals surface area contributed by atoms with Crippen molar-refractivity contribution >= 4 is 11.6 Å². The maximum atomic E-state index is 13.4. The summed E-state index contributed by atoms with van der Waals surface area (Å²) in [6.45, 7) is 3.98. The largest absolute Gasteiger partial charge is 0.405 e. The van der Waals surface area contributed by atoms with Crippen LogP contribution in [0.3, 0.4) is 0 Å². The Morgan fingerprint density at radius 3 is 2.71 bits per heavy atom. The van der Waals surface area contributed by atoms with E-state index in [4.69, 9.17) is 0 Å². The maximum absolute atomic E-state index is 13.4. The lowest BCUT2D eigenvalue weighted by atomic mass is 9.96. The van der Waals surface area contributed by atoms with Crippen LogP contribution < -0.4 is 15.5 Å². The quantitative estimate of drug-likeness (QED) is 0.771. The Kier molecular flexibility index (Phi) is 6.82. The highest BCUT2D eigenvalue weighted by Gasteiger charge is 2.43. The third-order valence-electron chi connectivity index (χ3n) is 5.71. The second-order valence-electron chi connectivity index (χ2n) is 7.61. The van der Waals surface area contributed by atoms with Crippen LogP contribution in [0, 0.1) is 0 Å². The van der Waals surface area contributed by atoms with Gasteiger partial charge in [-0.1, -0.05) is 18.2 Å². The van der Waals surface area contributed by atoms with Crippen LogP contribution in [0.1, 0.15) is 25.3 Å². The number of benzene rings is 1. The van der Waals surface area contributed by atoms with Gasteiger partial charge in [0.2, 0.25) is 5.91 Å². The molecule has 1 aromatic rings. The number of fused-ring (bicyclic) bond motifs is 1. The lowest BCUT2D eigenvalue weighted by Gasteiger charge is -2.37. The molecule has 0 spiro atoms. The second kappa shape index (κ2) is 9.13. The highest BCUT2D eigenvalue weighted by atomic mass is 19.4. The van der Waals surface area contributed by atoms with Crippen molar-refractivity contribution in [1.29, 1.82) is 0 Å². The summed E-state index contributed by atoms with van der Waals surface area (Å²) in [5.41, 5.74) is 2.39. The molecule has 0 bridgehead atoms. The molecule has 2 atom stereocenters. The minimum absolute atomic E-state index is 0.185. The first kappa shape index (κ1) is 20.9. The second-order valence-corrected chi connectivity index (χ2v) is 7.61. The number of hydrogen-bond acceptors (Lipinski definition) is 4. The summed E-state index contributed by atoms with van der Waals surface area (Å²) >= 11 is 0. The molecule has 8 heteroatoms. The van der Waals surface area contributed by atoms with Crippen molar-refractivity contribution in [1.82, 2.24) is 15.5 Å². The van der Waals surface area contributed by atoms with Crippen molar-refractivity contribution in [2.45, 2.75) is 44.4 Å². The van der Waals surface area contributed by atoms with Gasteiger partial charge in [-0.05, 0) is 31.4 Å². The van der Waals surface area contributed by atoms with Crippen molar-refractivity contribution in [3.05, 3.63) is 29.8 Å². The van der Waals surface area contributed by atoms with Crippen LogP contribution in [-0.4, -0.2) is 68.3 Å². The number of nitrogens with zero attached hydrogens (tertiary/aromatic N) is 2. The SMILES string of the molecule is CC1CCc2ccccc2N1CCC(=O)NCC(N1CCNCC1)C(F)(F)F. The Morgan fingerprint density at radius 1 is 1.29 bits per heavy atom. The van der Waals surface area contributed by atoms with E-state index < -0.39 is 18.8 Å². The fraction of sp³-hybridized carbons (Fsp3) is 0.650. The maximum Gasteiger partial charge on any atom is 0.405 e. The molecule has 3 rings (SSSR count). The van der Waals surface area contributed by atoms with Gasteiger partial charge in [0.05, 0.1) is 0 Å². The Hall–Kier alpha value is -1.80. The molecule has 0 aliphatic carbocycles. The van der Waals surface area contributed by atoms with Gasteiger partial charge in [-0.2, -0.15) is 13.2 Å². The number of hydrogen-bond donors (Lipinski definition) is 2. The molecule has 5 nitrogen and oxygen atoms in total. The Labute approximate surface area is 164 Å². The van der Waals surface area contributed by atoms with Crippen LogP contribution in [0.2, 0.25) is 0 Å². The van der Waals surface area contributed by atoms with Gasteiger partial charge >= 0.3 is 6.18 Å². The summed E-state index contributed by atoms with van der Waals surface area (Å²) in [6.07, 6.45) is -2.15. The number of amides is 1. The van der Waals surface area contributed by atoms with Gasteiger partial charge in [0.25, 0.3) is 0 Å². The highest BCUT2D eigenvalue weighted by Crippen LogP contribution is 2.30. The number of halogens is 3. The number of anilines is 1. The number of aryl methyl sites for hydroxylation is 1. The summed E-state index contributed by atoms with van der Waals surface area (Å²) in [4.78, 5) is 15.9. The van der Waals surface area contributed by atoms with Crippen LogP contribution in [0.4, 0.5) is 18.9 Å². The molecule has 0 aromatic heterocycles. The predicted octanol–water partition coefficient (Wildman–Crippen LogP) is 2.17. The molecule has 2 N–H and O–H groups in total. The van der Waals surface area contributed by atoms with Crippen LogP contribution in [-0.2, 0) is 11.2 Å². The van der Waals surface area contributed by atoms with Gasteiger partial charge in [-0.15, -0.1) is 0 Å². The van der Waals surface area contributed by atoms with Crippen LogP contribution in [0.25, 0.3) is 0 Å². The molecule has 28 heavy (non-hydrogen) atoms. The number of rotatable bonds is 6. The predicted molar refractivity (Wildman–Crippen MR) is 103 cm³/mol. The van der Waals surface area contributed by atoms with Gasteiger partial charge in [0.15, 0.2) is 0 Å². The smallest absolute Gasteiger partial charge is 0.368 e. The normalized spacial score (nSPS) is 21.9. The van der Waals surface area contributed by atoms with Crippen molar-refractivity contribution in [2.75, 3.05) is 44.2 Å². The lowest BCUT2D eigenvalue weighted by Crippen LogP contribution is -2.57. The first-order valence-corrected chi connectivity index (χ1v) is 9.99. The number of nitrogens with one attached hydrogen (secondary N) is 2. The third kappa shape index (κ3) is 5.17. The van der Waals surface area contributed by atoms with Gasteiger partial charge in [-0.25, -0.2) is 0 Å². The molecule has 0 radical (unpaired) electrons. The molecular weight excluding hydrogens is 369 g/mol. The number of piperazine rings is 1. The minimum atomic E-state index is -4.36. The summed E-state index contributed by atoms with van der Waals surface area (Å²) in [5.74, 6) is -0.334. The third-order valence-corrected chi connectivity index (χ3v) is 5.71. The lowest BCUT2D eigenvalue weighted by molar-refractivity contribution is -0.184. The van der Waals surface area contributed by atoms with Gasteiger partial charge in [0.1, 0.15) is 6.04 Å². The first-order chi connectivity index (χ1) is 13.4. The Morgan fingerprint density at radius 2 is 2.00 bits per heavy atom. The topological polar surface area (TPSA) is 47.6 Å². The van der Waals surface area contributed by atoms with E-state index in [-0.39, 0.29) is 12.3 Å². The van der Waals surface area contributed by atoms with Gasteiger partial charge in [-0.3, -0.25) is 9.69 Å². The standard InChI is InChI=1S/C20H29F3N4O/c1-15-6-7-16-4-2-3-5-17(16)27(15)11-8-19(28)25-14-18(20(21,22)23)26-12-9-24-10-13-26/h2-5,15,18,24H,6-14H2,1H3,(H,25,28). The van der Waals surface area contributed by atoms with Crippen LogP contribution >= 0.6 is 0 Å². The number of para-hydroxylation sites is 1. The summed E-state index contributed by atoms with van der Waals surface area (Å²) < 4.78 is 40.3. The van der Waals surface area contributed by atoms with Crippen molar-refractivity contribution in [3.8, 4) is 0 Å². The molecule has 0 saturated carbocycles. The highest BCUT2D eigenvalue weighted by molar-refractivity contribution is 5.76. The molecule has 156 valence electrons. The van der Waals surface area contributed by atoms with E-state index in [1.165, 1.54) is 10.5 Å². The zero-order valence-electron chi connectivity index (χ0n) is 16.3. The molecule has 2 aliphatic rings. The van der Waals surface area contributed by atoms with Crippen molar-refractivity contribution in [3.63, 3.8) is 0 Å². The molecule has 1 aromatic carbocycles. The molecule has 1 fully saturated rings. The molecule has 1 amide bonds. The van der Waals surface area contributed by atoms with Gasteiger partial charge in [0, 0.05) is 57.4 Å². The molecular formula is C20H29F3N4O. The average molecular weight is 398 g/mol. The van der Waals surface area contributed by atoms with Crippen LogP contribution in [0.5, 0.6) is 0 Å². The van der Waals surface area contributed by atoms with Gasteiger partial charge < -0.3 is 15.5 Å². The summed E-state index contributed by atoms with van der Waals surface area (Å²) in [7, 11) is 0. The van der Waals surface area contributed by atoms with Crippen molar-refractivity contribution in [2.24, 2.45) is 0 Å². The van der Waals surface area contributed by atoms with E-state index in [9.17, 15) is 18.0 Å². The van der Waals surface area contributed by atoms with E-state index in [2.05, 4.69) is 28.5 Å². The molecule has 2 unspecified atom stereocenters. The Balaban J connectivity index is 1.53. The number of carbonyl (C=O) groups excluding carboxylic acids is 1. The van der Waals surface area contributed by atoms with E-state index in [1.807, 2.05) is 18.2 Å². The minimum Gasteiger partial charge on any atom is -0.368 e. The zero-order chi connectivity index (χ0) is 20.1. The van der Waals surface area contributed by atoms with E-state index in [0.717, 1.165) is 18.5 Å². The summed E-state index contributed by atoms with van der Waals surface area (Å²) in [6, 6.07) is 6.81. The number of alkyl halides is 3. The van der Waals surface area contributed by atoms with E-state index in [0.29, 0.717) is 38.8 Å². The average Bonchev–Trinajstić information content (AvgIpc) is 2.67.